The summed E-state index contributed by atoms with van der Waals surface area (Å²) in [6.07, 6.45) is 0.546. The minimum absolute atomic E-state index is 0.331. The van der Waals surface area contributed by atoms with Crippen LogP contribution in [-0.4, -0.2) is 4.92 Å². The summed E-state index contributed by atoms with van der Waals surface area (Å²) >= 11 is 0. The minimum Gasteiger partial charge on any atom is -0.258 e. The molecular weight excluding hydrogens is 132 g/mol. The molecule has 0 aliphatic rings. The lowest BCUT2D eigenvalue weighted by Crippen LogP contribution is -1.98. The SMILES string of the molecule is CC/C(C)=C(\C#N)[N+](=O)[O-]. The van der Waals surface area contributed by atoms with Crippen LogP contribution in [0.15, 0.2) is 11.3 Å². The number of hydrogen-bond acceptors (Lipinski definition) is 3. The monoisotopic (exact) mass is 140 g/mol. The number of nitrogens with zero attached hydrogens (tertiary/aromatic N) is 2. The molecule has 54 valence electrons. The normalized spacial score (nSPS) is 11.7. The molecule has 0 fully saturated rings. The Bertz CT molecular complexity index is 212. The van der Waals surface area contributed by atoms with Gasteiger partial charge in [0, 0.05) is 5.57 Å². The van der Waals surface area contributed by atoms with Gasteiger partial charge in [0.1, 0.15) is 0 Å². The standard InChI is InChI=1S/C6H8N2O2/c1-3-5(2)6(4-7)8(9)10/h3H2,1-2H3/b6-5+. The highest BCUT2D eigenvalue weighted by atomic mass is 16.6. The summed E-state index contributed by atoms with van der Waals surface area (Å²) in [5.74, 6) is 0. The molecule has 0 amide bonds. The largest absolute Gasteiger partial charge is 0.344 e. The molecule has 0 atom stereocenters. The van der Waals surface area contributed by atoms with E-state index in [1.54, 1.807) is 13.8 Å². The number of rotatable bonds is 2. The molecule has 0 bridgehead atoms. The molecule has 0 rings (SSSR count). The van der Waals surface area contributed by atoms with Crippen LogP contribution >= 0.6 is 0 Å². The molecule has 0 unspecified atom stereocenters. The van der Waals surface area contributed by atoms with Crippen molar-refractivity contribution in [1.82, 2.24) is 0 Å². The Morgan fingerprint density at radius 2 is 2.30 bits per heavy atom. The fourth-order valence-electron chi connectivity index (χ4n) is 0.460. The molecule has 0 aliphatic heterocycles. The van der Waals surface area contributed by atoms with Gasteiger partial charge in [-0.15, -0.1) is 0 Å². The van der Waals surface area contributed by atoms with Gasteiger partial charge in [-0.3, -0.25) is 10.1 Å². The zero-order valence-corrected chi connectivity index (χ0v) is 5.92. The fraction of sp³-hybridized carbons (Fsp3) is 0.500. The summed E-state index contributed by atoms with van der Waals surface area (Å²) in [4.78, 5) is 9.40. The van der Waals surface area contributed by atoms with Crippen LogP contribution in [0, 0.1) is 21.4 Å². The zero-order chi connectivity index (χ0) is 8.15. The van der Waals surface area contributed by atoms with Crippen molar-refractivity contribution >= 4 is 0 Å². The van der Waals surface area contributed by atoms with Gasteiger partial charge in [0.05, 0.1) is 4.92 Å². The molecule has 4 heteroatoms. The van der Waals surface area contributed by atoms with E-state index in [9.17, 15) is 10.1 Å². The van der Waals surface area contributed by atoms with Crippen LogP contribution in [0.5, 0.6) is 0 Å². The van der Waals surface area contributed by atoms with Crippen molar-refractivity contribution in [2.75, 3.05) is 0 Å². The number of allylic oxidation sites excluding steroid dienone is 2. The second kappa shape index (κ2) is 3.62. The van der Waals surface area contributed by atoms with Gasteiger partial charge in [0.25, 0.3) is 0 Å². The average Bonchev–Trinajstić information content (AvgIpc) is 1.88. The van der Waals surface area contributed by atoms with Gasteiger partial charge in [-0.05, 0) is 13.3 Å². The van der Waals surface area contributed by atoms with Crippen LogP contribution < -0.4 is 0 Å². The van der Waals surface area contributed by atoms with Gasteiger partial charge in [-0.2, -0.15) is 5.26 Å². The molecule has 10 heavy (non-hydrogen) atoms. The second-order valence-electron chi connectivity index (χ2n) is 1.85. The van der Waals surface area contributed by atoms with Crippen molar-refractivity contribution in [1.29, 1.82) is 5.26 Å². The third-order valence-corrected chi connectivity index (χ3v) is 1.22. The van der Waals surface area contributed by atoms with E-state index in [2.05, 4.69) is 0 Å². The zero-order valence-electron chi connectivity index (χ0n) is 5.92. The molecule has 0 aliphatic carbocycles. The molecule has 0 aromatic rings. The Balaban J connectivity index is 4.68. The first-order valence-corrected chi connectivity index (χ1v) is 2.87. The lowest BCUT2D eigenvalue weighted by Gasteiger charge is -1.90. The van der Waals surface area contributed by atoms with E-state index in [4.69, 9.17) is 5.26 Å². The van der Waals surface area contributed by atoms with Crippen LogP contribution in [0.1, 0.15) is 20.3 Å². The summed E-state index contributed by atoms with van der Waals surface area (Å²) in [6.45, 7) is 3.36. The van der Waals surface area contributed by atoms with Gasteiger partial charge in [-0.25, -0.2) is 0 Å². The lowest BCUT2D eigenvalue weighted by atomic mass is 10.2. The Morgan fingerprint density at radius 1 is 1.80 bits per heavy atom. The van der Waals surface area contributed by atoms with E-state index in [0.29, 0.717) is 12.0 Å². The van der Waals surface area contributed by atoms with Gasteiger partial charge in [0.2, 0.25) is 0 Å². The highest BCUT2D eigenvalue weighted by molar-refractivity contribution is 5.18. The highest BCUT2D eigenvalue weighted by Gasteiger charge is 2.11. The predicted molar refractivity (Wildman–Crippen MR) is 35.6 cm³/mol. The number of hydrogen-bond donors (Lipinski definition) is 0. The van der Waals surface area contributed by atoms with Gasteiger partial charge in [-0.1, -0.05) is 6.92 Å². The number of nitriles is 1. The topological polar surface area (TPSA) is 66.9 Å². The first-order chi connectivity index (χ1) is 4.63. The Morgan fingerprint density at radius 3 is 2.40 bits per heavy atom. The van der Waals surface area contributed by atoms with Crippen molar-refractivity contribution in [3.8, 4) is 6.07 Å². The van der Waals surface area contributed by atoms with Crippen molar-refractivity contribution in [3.63, 3.8) is 0 Å². The predicted octanol–water partition coefficient (Wildman–Crippen LogP) is 1.47. The summed E-state index contributed by atoms with van der Waals surface area (Å²) in [7, 11) is 0. The second-order valence-corrected chi connectivity index (χ2v) is 1.85. The molecule has 4 nitrogen and oxygen atoms in total. The van der Waals surface area contributed by atoms with Gasteiger partial charge in [0.15, 0.2) is 6.07 Å². The van der Waals surface area contributed by atoms with E-state index >= 15 is 0 Å². The highest BCUT2D eigenvalue weighted by Crippen LogP contribution is 2.06. The third kappa shape index (κ3) is 1.86. The van der Waals surface area contributed by atoms with E-state index in [0.717, 1.165) is 0 Å². The van der Waals surface area contributed by atoms with Crippen LogP contribution in [0.4, 0.5) is 0 Å². The molecule has 0 aromatic carbocycles. The first-order valence-electron chi connectivity index (χ1n) is 2.87. The molecule has 0 spiro atoms. The summed E-state index contributed by atoms with van der Waals surface area (Å²) < 4.78 is 0. The van der Waals surface area contributed by atoms with E-state index < -0.39 is 4.92 Å². The van der Waals surface area contributed by atoms with E-state index in [1.165, 1.54) is 6.07 Å². The molecule has 0 saturated carbocycles. The summed E-state index contributed by atoms with van der Waals surface area (Å²) in [5.41, 5.74) is 0.190. The third-order valence-electron chi connectivity index (χ3n) is 1.22. The van der Waals surface area contributed by atoms with E-state index in [1.807, 2.05) is 0 Å². The van der Waals surface area contributed by atoms with Crippen LogP contribution in [0.3, 0.4) is 0 Å². The smallest absolute Gasteiger partial charge is 0.258 e. The average molecular weight is 140 g/mol. The van der Waals surface area contributed by atoms with Gasteiger partial charge >= 0.3 is 5.70 Å². The molecule has 0 saturated heterocycles. The molecule has 0 heterocycles. The van der Waals surface area contributed by atoms with Crippen molar-refractivity contribution in [2.45, 2.75) is 20.3 Å². The summed E-state index contributed by atoms with van der Waals surface area (Å²) in [6, 6.07) is 1.53. The van der Waals surface area contributed by atoms with E-state index in [-0.39, 0.29) is 5.70 Å². The van der Waals surface area contributed by atoms with Crippen molar-refractivity contribution in [2.24, 2.45) is 0 Å². The maximum atomic E-state index is 10.1. The molecular formula is C6H8N2O2. The quantitative estimate of drug-likeness (QED) is 0.331. The maximum Gasteiger partial charge on any atom is 0.344 e. The van der Waals surface area contributed by atoms with Crippen molar-refractivity contribution in [3.05, 3.63) is 21.4 Å². The fourth-order valence-corrected chi connectivity index (χ4v) is 0.460. The maximum absolute atomic E-state index is 10.1. The van der Waals surface area contributed by atoms with Crippen LogP contribution in [-0.2, 0) is 0 Å². The molecule has 0 aromatic heterocycles. The van der Waals surface area contributed by atoms with Crippen LogP contribution in [0.2, 0.25) is 0 Å². The Hall–Kier alpha value is -1.37. The molecule has 0 radical (unpaired) electrons. The molecule has 0 N–H and O–H groups in total. The lowest BCUT2D eigenvalue weighted by molar-refractivity contribution is -0.418. The Kier molecular flexibility index (Phi) is 3.12. The summed E-state index contributed by atoms with van der Waals surface area (Å²) in [5, 5.41) is 18.3. The number of nitro groups is 1. The van der Waals surface area contributed by atoms with Gasteiger partial charge < -0.3 is 0 Å². The first kappa shape index (κ1) is 8.63. The van der Waals surface area contributed by atoms with Crippen LogP contribution in [0.25, 0.3) is 0 Å². The Labute approximate surface area is 58.9 Å². The van der Waals surface area contributed by atoms with Crippen molar-refractivity contribution < 1.29 is 4.92 Å². The minimum atomic E-state index is -0.654.